The van der Waals surface area contributed by atoms with Gasteiger partial charge in [-0.25, -0.2) is 4.39 Å². The third kappa shape index (κ3) is 5.79. The van der Waals surface area contributed by atoms with Crippen LogP contribution in [0.15, 0.2) is 49.1 Å². The number of amides is 1. The molecule has 2 aromatic carbocycles. The zero-order valence-corrected chi connectivity index (χ0v) is 19.0. The van der Waals surface area contributed by atoms with Gasteiger partial charge in [0.15, 0.2) is 11.5 Å². The van der Waals surface area contributed by atoms with Crippen LogP contribution in [-0.4, -0.2) is 56.9 Å². The van der Waals surface area contributed by atoms with Gasteiger partial charge >= 0.3 is 0 Å². The quantitative estimate of drug-likeness (QED) is 0.565. The number of hydrogen-bond donors (Lipinski definition) is 1. The van der Waals surface area contributed by atoms with Crippen molar-refractivity contribution in [2.75, 3.05) is 40.0 Å². The third-order valence-corrected chi connectivity index (χ3v) is 5.61. The monoisotopic (exact) mass is 462 g/mol. The molecule has 0 bridgehead atoms. The molecule has 0 radical (unpaired) electrons. The Bertz CT molecular complexity index is 935. The van der Waals surface area contributed by atoms with Crippen LogP contribution in [0.25, 0.3) is 0 Å². The Kier molecular flexibility index (Phi) is 8.50. The highest BCUT2D eigenvalue weighted by Crippen LogP contribution is 2.32. The molecule has 1 amide bonds. The average Bonchev–Trinajstić information content (AvgIpc) is 2.79. The van der Waals surface area contributed by atoms with Gasteiger partial charge in [0.05, 0.1) is 25.9 Å². The molecule has 1 aliphatic heterocycles. The van der Waals surface area contributed by atoms with Crippen LogP contribution in [-0.2, 0) is 4.74 Å². The SMILES string of the molecule is C=CCOc1ccc(C(=O)NCC(c2c(F)cccc2Cl)N2CCOC(C)C2)cc1OC. The summed E-state index contributed by atoms with van der Waals surface area (Å²) in [4.78, 5) is 15.0. The van der Waals surface area contributed by atoms with Gasteiger partial charge in [-0.3, -0.25) is 9.69 Å². The average molecular weight is 463 g/mol. The number of rotatable bonds is 9. The van der Waals surface area contributed by atoms with Crippen molar-refractivity contribution < 1.29 is 23.4 Å². The number of hydrogen-bond acceptors (Lipinski definition) is 5. The van der Waals surface area contributed by atoms with Crippen molar-refractivity contribution in [1.29, 1.82) is 0 Å². The predicted molar refractivity (Wildman–Crippen MR) is 122 cm³/mol. The summed E-state index contributed by atoms with van der Waals surface area (Å²) in [5.41, 5.74) is 0.774. The number of halogens is 2. The van der Waals surface area contributed by atoms with Crippen molar-refractivity contribution in [1.82, 2.24) is 10.2 Å². The molecule has 1 fully saturated rings. The smallest absolute Gasteiger partial charge is 0.251 e. The molecular formula is C24H28ClFN2O4. The maximum Gasteiger partial charge on any atom is 0.251 e. The van der Waals surface area contributed by atoms with E-state index in [1.54, 1.807) is 36.4 Å². The first-order valence-corrected chi connectivity index (χ1v) is 10.8. The second-order valence-electron chi connectivity index (χ2n) is 7.50. The van der Waals surface area contributed by atoms with E-state index in [4.69, 9.17) is 25.8 Å². The summed E-state index contributed by atoms with van der Waals surface area (Å²) < 4.78 is 31.3. The third-order valence-electron chi connectivity index (χ3n) is 5.28. The molecule has 2 atom stereocenters. The standard InChI is InChI=1S/C24H28ClFN2O4/c1-4-11-32-21-9-8-17(13-22(21)30-3)24(29)27-14-20(28-10-12-31-16(2)15-28)23-18(25)6-5-7-19(23)26/h4-9,13,16,20H,1,10-12,14-15H2,2-3H3,(H,27,29). The maximum absolute atomic E-state index is 14.8. The fraction of sp³-hybridized carbons (Fsp3) is 0.375. The first kappa shape index (κ1) is 24.0. The predicted octanol–water partition coefficient (Wildman–Crippen LogP) is 4.24. The van der Waals surface area contributed by atoms with Crippen LogP contribution in [0.4, 0.5) is 4.39 Å². The molecule has 1 N–H and O–H groups in total. The molecule has 0 saturated carbocycles. The summed E-state index contributed by atoms with van der Waals surface area (Å²) in [5.74, 6) is 0.246. The van der Waals surface area contributed by atoms with E-state index < -0.39 is 11.9 Å². The molecule has 172 valence electrons. The van der Waals surface area contributed by atoms with E-state index in [1.807, 2.05) is 6.92 Å². The van der Waals surface area contributed by atoms with Crippen LogP contribution < -0.4 is 14.8 Å². The van der Waals surface area contributed by atoms with E-state index in [-0.39, 0.29) is 18.6 Å². The fourth-order valence-electron chi connectivity index (χ4n) is 3.74. The van der Waals surface area contributed by atoms with E-state index in [9.17, 15) is 9.18 Å². The van der Waals surface area contributed by atoms with E-state index >= 15 is 0 Å². The van der Waals surface area contributed by atoms with Gasteiger partial charge in [0.1, 0.15) is 12.4 Å². The normalized spacial score (nSPS) is 17.4. The Labute approximate surface area is 192 Å². The number of morpholine rings is 1. The van der Waals surface area contributed by atoms with Gasteiger partial charge in [0.2, 0.25) is 0 Å². The molecule has 1 heterocycles. The highest BCUT2D eigenvalue weighted by molar-refractivity contribution is 6.31. The molecule has 1 saturated heterocycles. The largest absolute Gasteiger partial charge is 0.493 e. The second-order valence-corrected chi connectivity index (χ2v) is 7.91. The van der Waals surface area contributed by atoms with Crippen molar-refractivity contribution in [2.24, 2.45) is 0 Å². The molecule has 32 heavy (non-hydrogen) atoms. The first-order chi connectivity index (χ1) is 15.4. The number of nitrogens with zero attached hydrogens (tertiary/aromatic N) is 1. The number of benzene rings is 2. The maximum atomic E-state index is 14.8. The van der Waals surface area contributed by atoms with Crippen LogP contribution in [0.5, 0.6) is 11.5 Å². The van der Waals surface area contributed by atoms with Gasteiger partial charge in [0, 0.05) is 35.8 Å². The minimum Gasteiger partial charge on any atom is -0.493 e. The minimum atomic E-state index is -0.434. The van der Waals surface area contributed by atoms with E-state index in [0.29, 0.717) is 54.0 Å². The van der Waals surface area contributed by atoms with Gasteiger partial charge in [-0.05, 0) is 37.3 Å². The summed E-state index contributed by atoms with van der Waals surface area (Å²) >= 11 is 6.36. The number of ether oxygens (including phenoxy) is 3. The number of carbonyl (C=O) groups excluding carboxylic acids is 1. The Morgan fingerprint density at radius 2 is 2.22 bits per heavy atom. The number of nitrogens with one attached hydrogen (secondary N) is 1. The van der Waals surface area contributed by atoms with Crippen molar-refractivity contribution >= 4 is 17.5 Å². The topological polar surface area (TPSA) is 60.0 Å². The van der Waals surface area contributed by atoms with Crippen LogP contribution in [0.2, 0.25) is 5.02 Å². The molecular weight excluding hydrogens is 435 g/mol. The minimum absolute atomic E-state index is 0.000119. The zero-order chi connectivity index (χ0) is 23.1. The van der Waals surface area contributed by atoms with Crippen LogP contribution >= 0.6 is 11.6 Å². The van der Waals surface area contributed by atoms with Gasteiger partial charge in [0.25, 0.3) is 5.91 Å². The highest BCUT2D eigenvalue weighted by Gasteiger charge is 2.29. The lowest BCUT2D eigenvalue weighted by Crippen LogP contribution is -2.47. The Morgan fingerprint density at radius 3 is 2.91 bits per heavy atom. The Balaban J connectivity index is 1.80. The molecule has 0 spiro atoms. The second kappa shape index (κ2) is 11.3. The Morgan fingerprint density at radius 1 is 1.41 bits per heavy atom. The van der Waals surface area contributed by atoms with Gasteiger partial charge in [-0.15, -0.1) is 0 Å². The molecule has 3 rings (SSSR count). The Hall–Kier alpha value is -2.61. The molecule has 0 aliphatic carbocycles. The van der Waals surface area contributed by atoms with Gasteiger partial charge in [-0.2, -0.15) is 0 Å². The van der Waals surface area contributed by atoms with Crippen LogP contribution in [0.3, 0.4) is 0 Å². The molecule has 1 aliphatic rings. The summed E-state index contributed by atoms with van der Waals surface area (Å²) in [7, 11) is 1.51. The zero-order valence-electron chi connectivity index (χ0n) is 18.3. The number of carbonyl (C=O) groups is 1. The molecule has 6 nitrogen and oxygen atoms in total. The van der Waals surface area contributed by atoms with Gasteiger partial charge in [-0.1, -0.05) is 30.3 Å². The summed E-state index contributed by atoms with van der Waals surface area (Å²) in [5, 5.41) is 3.25. The lowest BCUT2D eigenvalue weighted by molar-refractivity contribution is -0.0346. The van der Waals surface area contributed by atoms with Crippen LogP contribution in [0, 0.1) is 5.82 Å². The first-order valence-electron chi connectivity index (χ1n) is 10.4. The van der Waals surface area contributed by atoms with Crippen molar-refractivity contribution in [3.8, 4) is 11.5 Å². The lowest BCUT2D eigenvalue weighted by atomic mass is 10.0. The van der Waals surface area contributed by atoms with Crippen molar-refractivity contribution in [3.63, 3.8) is 0 Å². The summed E-state index contributed by atoms with van der Waals surface area (Å²) in [6, 6.07) is 9.11. The fourth-order valence-corrected chi connectivity index (χ4v) is 4.03. The molecule has 8 heteroatoms. The molecule has 2 aromatic rings. The van der Waals surface area contributed by atoms with Gasteiger partial charge < -0.3 is 19.5 Å². The van der Waals surface area contributed by atoms with E-state index in [1.165, 1.54) is 13.2 Å². The summed E-state index contributed by atoms with van der Waals surface area (Å²) in [6.07, 6.45) is 1.63. The summed E-state index contributed by atoms with van der Waals surface area (Å²) in [6.45, 7) is 7.84. The number of methoxy groups -OCH3 is 1. The van der Waals surface area contributed by atoms with Crippen molar-refractivity contribution in [3.05, 3.63) is 71.0 Å². The van der Waals surface area contributed by atoms with Crippen LogP contribution in [0.1, 0.15) is 28.9 Å². The molecule has 2 unspecified atom stereocenters. The van der Waals surface area contributed by atoms with Crippen molar-refractivity contribution in [2.45, 2.75) is 19.1 Å². The van der Waals surface area contributed by atoms with E-state index in [0.717, 1.165) is 0 Å². The highest BCUT2D eigenvalue weighted by atomic mass is 35.5. The van der Waals surface area contributed by atoms with E-state index in [2.05, 4.69) is 16.8 Å². The lowest BCUT2D eigenvalue weighted by Gasteiger charge is -2.38. The molecule has 0 aromatic heterocycles.